The molecule has 0 aliphatic rings. The third kappa shape index (κ3) is 8.85. The van der Waals surface area contributed by atoms with Gasteiger partial charge in [-0.05, 0) is 0 Å². The molecule has 0 amide bonds. The Morgan fingerprint density at radius 1 is 1.83 bits per heavy atom. The number of nitriles is 1. The van der Waals surface area contributed by atoms with E-state index in [-0.39, 0.29) is 29.6 Å². The predicted molar refractivity (Wildman–Crippen MR) is 21.8 cm³/mol. The van der Waals surface area contributed by atoms with Gasteiger partial charge in [-0.1, -0.05) is 0 Å². The average molecular weight is 93.8 g/mol. The Morgan fingerprint density at radius 2 is 2.33 bits per heavy atom. The summed E-state index contributed by atoms with van der Waals surface area (Å²) in [5, 5.41) is 15.1. The van der Waals surface area contributed by atoms with E-state index in [2.05, 4.69) is 4.65 Å². The van der Waals surface area contributed by atoms with E-state index in [0.29, 0.717) is 0 Å². The first-order valence-corrected chi connectivity index (χ1v) is 1.03. The van der Waals surface area contributed by atoms with E-state index < -0.39 is 7.69 Å². The van der Waals surface area contributed by atoms with Crippen LogP contribution in [-0.4, -0.2) is 42.3 Å². The van der Waals surface area contributed by atoms with E-state index in [0.717, 1.165) is 0 Å². The maximum Gasteiger partial charge on any atom is 0.515 e. The van der Waals surface area contributed by atoms with E-state index >= 15 is 0 Å². The van der Waals surface area contributed by atoms with Crippen LogP contribution in [0.25, 0.3) is 0 Å². The zero-order chi connectivity index (χ0) is 4.12. The molecule has 0 spiro atoms. The van der Waals surface area contributed by atoms with Gasteiger partial charge in [0, 0.05) is 29.6 Å². The number of hydrogen-bond donors (Lipinski definition) is 1. The SMILES string of the molecule is N#COBO.[Na]. The smallest absolute Gasteiger partial charge is 0.471 e. The van der Waals surface area contributed by atoms with Crippen LogP contribution in [0.1, 0.15) is 0 Å². The van der Waals surface area contributed by atoms with E-state index in [1.165, 1.54) is 6.26 Å². The molecule has 3 nitrogen and oxygen atoms in total. The van der Waals surface area contributed by atoms with Crippen LogP contribution < -0.4 is 0 Å². The second kappa shape index (κ2) is 9.01. The molecular weight excluding hydrogens is 91.8 g/mol. The molecule has 0 aromatic heterocycles. The Balaban J connectivity index is 0. The normalized spacial score (nSPS) is 4.00. The zero-order valence-corrected chi connectivity index (χ0v) is 5.51. The van der Waals surface area contributed by atoms with Gasteiger partial charge in [-0.15, -0.1) is 0 Å². The van der Waals surface area contributed by atoms with Crippen molar-refractivity contribution in [2.75, 3.05) is 0 Å². The Morgan fingerprint density at radius 3 is 2.33 bits per heavy atom. The first-order valence-electron chi connectivity index (χ1n) is 1.03. The summed E-state index contributed by atoms with van der Waals surface area (Å²) in [4.78, 5) is 0. The van der Waals surface area contributed by atoms with Gasteiger partial charge in [-0.2, -0.15) is 5.26 Å². The second-order valence-electron chi connectivity index (χ2n) is 0.365. The molecule has 0 fully saturated rings. The Bertz CT molecular complexity index is 52.0. The van der Waals surface area contributed by atoms with Crippen molar-refractivity contribution in [2.45, 2.75) is 0 Å². The molecule has 1 radical (unpaired) electrons. The van der Waals surface area contributed by atoms with Gasteiger partial charge >= 0.3 is 7.69 Å². The van der Waals surface area contributed by atoms with Gasteiger partial charge in [0.25, 0.3) is 6.26 Å². The van der Waals surface area contributed by atoms with Gasteiger partial charge in [0.2, 0.25) is 0 Å². The molecule has 0 rings (SSSR count). The summed E-state index contributed by atoms with van der Waals surface area (Å²) in [6.07, 6.45) is 1.27. The van der Waals surface area contributed by atoms with E-state index in [1.807, 2.05) is 0 Å². The fourth-order valence-corrected chi connectivity index (χ4v) is 0.0289. The summed E-state index contributed by atoms with van der Waals surface area (Å²) in [6, 6.07) is 0. The molecule has 1 N–H and O–H groups in total. The summed E-state index contributed by atoms with van der Waals surface area (Å²) in [5.41, 5.74) is 0. The van der Waals surface area contributed by atoms with Crippen molar-refractivity contribution in [1.82, 2.24) is 0 Å². The molecular formula is CH2BNNaO2. The minimum atomic E-state index is -0.517. The quantitative estimate of drug-likeness (QED) is 0.313. The molecule has 0 aromatic rings. The molecule has 0 atom stereocenters. The monoisotopic (exact) mass is 94.0 g/mol. The zero-order valence-electron chi connectivity index (χ0n) is 3.51. The Kier molecular flexibility index (Phi) is 14.4. The fraction of sp³-hybridized carbons (Fsp3) is 0. The largest absolute Gasteiger partial charge is 0.515 e. The first kappa shape index (κ1) is 9.58. The van der Waals surface area contributed by atoms with Crippen molar-refractivity contribution in [3.05, 3.63) is 0 Å². The average Bonchev–Trinajstić information content (AvgIpc) is 1.41. The summed E-state index contributed by atoms with van der Waals surface area (Å²) >= 11 is 0. The summed E-state index contributed by atoms with van der Waals surface area (Å²) in [5.74, 6) is 0. The van der Waals surface area contributed by atoms with Gasteiger partial charge in [0.15, 0.2) is 0 Å². The fourth-order valence-electron chi connectivity index (χ4n) is 0.0289. The topological polar surface area (TPSA) is 53.2 Å². The minimum Gasteiger partial charge on any atom is -0.471 e. The van der Waals surface area contributed by atoms with Crippen molar-refractivity contribution in [2.24, 2.45) is 0 Å². The van der Waals surface area contributed by atoms with Gasteiger partial charge < -0.3 is 9.68 Å². The maximum atomic E-state index is 7.62. The molecule has 0 unspecified atom stereocenters. The van der Waals surface area contributed by atoms with Crippen LogP contribution in [0.2, 0.25) is 0 Å². The van der Waals surface area contributed by atoms with Crippen molar-refractivity contribution in [3.8, 4) is 6.26 Å². The van der Waals surface area contributed by atoms with Gasteiger partial charge in [-0.3, -0.25) is 0 Å². The number of hydrogen-bond acceptors (Lipinski definition) is 3. The van der Waals surface area contributed by atoms with Gasteiger partial charge in [-0.25, -0.2) is 0 Å². The van der Waals surface area contributed by atoms with Crippen LogP contribution in [0.5, 0.6) is 0 Å². The molecule has 0 saturated carbocycles. The van der Waals surface area contributed by atoms with Crippen molar-refractivity contribution < 1.29 is 9.68 Å². The minimum absolute atomic E-state index is 0. The number of rotatable bonds is 1. The van der Waals surface area contributed by atoms with Crippen molar-refractivity contribution in [3.63, 3.8) is 0 Å². The first-order chi connectivity index (χ1) is 2.41. The summed E-state index contributed by atoms with van der Waals surface area (Å²) < 4.78 is 3.69. The van der Waals surface area contributed by atoms with Crippen molar-refractivity contribution in [1.29, 1.82) is 5.26 Å². The summed E-state index contributed by atoms with van der Waals surface area (Å²) in [7, 11) is -0.517. The van der Waals surface area contributed by atoms with Gasteiger partial charge in [0.1, 0.15) is 0 Å². The standard InChI is InChI=1S/CH2BNO2.Na/c3-1-5-2-4;/h2,4H;. The number of nitrogens with zero attached hydrogens (tertiary/aromatic N) is 1. The van der Waals surface area contributed by atoms with Crippen LogP contribution in [0.3, 0.4) is 0 Å². The van der Waals surface area contributed by atoms with Crippen molar-refractivity contribution >= 4 is 37.2 Å². The Labute approximate surface area is 58.5 Å². The molecule has 27 valence electrons. The van der Waals surface area contributed by atoms with E-state index in [9.17, 15) is 0 Å². The van der Waals surface area contributed by atoms with Crippen LogP contribution in [0, 0.1) is 11.5 Å². The molecule has 6 heavy (non-hydrogen) atoms. The molecule has 0 aromatic carbocycles. The van der Waals surface area contributed by atoms with Crippen LogP contribution in [0.15, 0.2) is 0 Å². The maximum absolute atomic E-state index is 7.62. The van der Waals surface area contributed by atoms with Crippen LogP contribution in [0.4, 0.5) is 0 Å². The predicted octanol–water partition coefficient (Wildman–Crippen LogP) is -1.64. The molecule has 0 aliphatic carbocycles. The molecule has 5 heteroatoms. The molecule has 0 saturated heterocycles. The molecule has 0 heterocycles. The van der Waals surface area contributed by atoms with E-state index in [1.54, 1.807) is 0 Å². The Hall–Kier alpha value is 0.315. The second-order valence-corrected chi connectivity index (χ2v) is 0.365. The van der Waals surface area contributed by atoms with E-state index in [4.69, 9.17) is 10.3 Å². The summed E-state index contributed by atoms with van der Waals surface area (Å²) in [6.45, 7) is 0. The van der Waals surface area contributed by atoms with Gasteiger partial charge in [0.05, 0.1) is 0 Å². The third-order valence-electron chi connectivity index (χ3n) is 0.129. The molecule has 0 bridgehead atoms. The molecule has 0 aliphatic heterocycles. The van der Waals surface area contributed by atoms with Crippen LogP contribution >= 0.6 is 0 Å². The van der Waals surface area contributed by atoms with Crippen LogP contribution in [-0.2, 0) is 4.65 Å². The third-order valence-corrected chi connectivity index (χ3v) is 0.129.